The molecule has 5 heavy (non-hydrogen) atoms. The van der Waals surface area contributed by atoms with Gasteiger partial charge in [-0.05, 0) is 0 Å². The van der Waals surface area contributed by atoms with Crippen molar-refractivity contribution in [2.75, 3.05) is 0 Å². The zero-order valence-electron chi connectivity index (χ0n) is 3.43. The van der Waals surface area contributed by atoms with E-state index >= 15 is 0 Å². The molecular weight excluding hydrogens is 100 g/mol. The van der Waals surface area contributed by atoms with E-state index in [4.69, 9.17) is 14.1 Å². The molecular formula is HMgO3Si+. The van der Waals surface area contributed by atoms with E-state index in [1.807, 2.05) is 0 Å². The van der Waals surface area contributed by atoms with Gasteiger partial charge >= 0.3 is 24.5 Å². The standard InChI is InChI=1S/Mg.O3Si/c;1-4(2)3/q+2;-2/p+1. The second kappa shape index (κ2) is 4.38. The molecule has 24 valence electrons. The maximum Gasteiger partial charge on any atom is 2.00 e. The first-order valence-electron chi connectivity index (χ1n) is 0.612. The Labute approximate surface area is 48.2 Å². The molecule has 0 amide bonds. The van der Waals surface area contributed by atoms with Crippen molar-refractivity contribution in [2.45, 2.75) is 0 Å². The minimum atomic E-state index is -3.63. The molecule has 0 rings (SSSR count). The van der Waals surface area contributed by atoms with E-state index in [0.717, 1.165) is 0 Å². The van der Waals surface area contributed by atoms with Crippen LogP contribution in [-0.4, -0.2) is 32.2 Å². The summed E-state index contributed by atoms with van der Waals surface area (Å²) >= 11 is 0. The summed E-state index contributed by atoms with van der Waals surface area (Å²) in [5.74, 6) is 0. The summed E-state index contributed by atoms with van der Waals surface area (Å²) < 4.78 is 8.52. The van der Waals surface area contributed by atoms with E-state index in [2.05, 4.69) is 0 Å². The Hall–Kier alpha value is 0.383. The van der Waals surface area contributed by atoms with Gasteiger partial charge in [0, 0.05) is 9.17 Å². The molecule has 0 aliphatic rings. The Morgan fingerprint density at radius 2 is 1.60 bits per heavy atom. The van der Waals surface area contributed by atoms with E-state index in [9.17, 15) is 0 Å². The first kappa shape index (κ1) is 9.04. The van der Waals surface area contributed by atoms with Crippen LogP contribution in [0.2, 0.25) is 0 Å². The fraction of sp³-hybridized carbons (Fsp3) is 0. The largest absolute Gasteiger partial charge is 2.00 e. The molecule has 0 aliphatic heterocycles. The summed E-state index contributed by atoms with van der Waals surface area (Å²) in [6.07, 6.45) is 0. The van der Waals surface area contributed by atoms with Crippen LogP contribution in [0.1, 0.15) is 1.43 Å². The average Bonchev–Trinajstić information content (AvgIpc) is 0.811. The van der Waals surface area contributed by atoms with Gasteiger partial charge in [0.05, 0.1) is 0 Å². The Morgan fingerprint density at radius 1 is 1.60 bits per heavy atom. The van der Waals surface area contributed by atoms with Crippen molar-refractivity contribution in [3.63, 3.8) is 0 Å². The van der Waals surface area contributed by atoms with E-state index in [1.165, 1.54) is 0 Å². The van der Waals surface area contributed by atoms with Crippen molar-refractivity contribution in [1.82, 2.24) is 0 Å². The van der Waals surface area contributed by atoms with Crippen molar-refractivity contribution >= 4 is 32.2 Å². The van der Waals surface area contributed by atoms with Gasteiger partial charge in [0.25, 0.3) is 0 Å². The quantitative estimate of drug-likeness (QED) is 0.303. The van der Waals surface area contributed by atoms with Crippen LogP contribution in [0.5, 0.6) is 0 Å². The van der Waals surface area contributed by atoms with Crippen molar-refractivity contribution in [3.8, 4) is 0 Å². The molecule has 0 fully saturated rings. The Kier molecular flexibility index (Phi) is 7.92. The zero-order chi connectivity index (χ0) is 3.58. The van der Waals surface area contributed by atoms with E-state index in [1.54, 1.807) is 0 Å². The summed E-state index contributed by atoms with van der Waals surface area (Å²) in [4.78, 5) is 17.0. The summed E-state index contributed by atoms with van der Waals surface area (Å²) in [6.45, 7) is 0. The first-order chi connectivity index (χ1) is 1.73. The number of rotatable bonds is 0. The third-order valence-electron chi connectivity index (χ3n) is 0. The molecule has 0 unspecified atom stereocenters. The normalized spacial score (nSPS) is 4.80. The molecule has 0 aromatic carbocycles. The Balaban J connectivity index is -0.0000000450. The monoisotopic (exact) mass is 101 g/mol. The Bertz CT molecular complexity index is 33.8. The number of hydrogen-bond acceptors (Lipinski definition) is 3. The summed E-state index contributed by atoms with van der Waals surface area (Å²) in [5, 5.41) is 0. The van der Waals surface area contributed by atoms with Gasteiger partial charge in [0.2, 0.25) is 0 Å². The van der Waals surface area contributed by atoms with Gasteiger partial charge in [0.15, 0.2) is 0 Å². The fourth-order valence-corrected chi connectivity index (χ4v) is 0. The minimum absolute atomic E-state index is 0. The van der Waals surface area contributed by atoms with Crippen LogP contribution in [0.15, 0.2) is 0 Å². The predicted molar refractivity (Wildman–Crippen MR) is 13.3 cm³/mol. The molecule has 0 atom stereocenters. The van der Waals surface area contributed by atoms with Crippen LogP contribution >= 0.6 is 0 Å². The van der Waals surface area contributed by atoms with E-state index in [0.29, 0.717) is 0 Å². The van der Waals surface area contributed by atoms with Crippen molar-refractivity contribution in [3.05, 3.63) is 0 Å². The molecule has 0 aliphatic carbocycles. The first-order valence-corrected chi connectivity index (χ1v) is 1.84. The van der Waals surface area contributed by atoms with Gasteiger partial charge in [-0.1, -0.05) is 0 Å². The van der Waals surface area contributed by atoms with Crippen molar-refractivity contribution in [2.24, 2.45) is 0 Å². The van der Waals surface area contributed by atoms with Gasteiger partial charge in [-0.2, -0.15) is 0 Å². The molecule has 0 aromatic rings. The van der Waals surface area contributed by atoms with Gasteiger partial charge in [-0.3, -0.25) is 0 Å². The van der Waals surface area contributed by atoms with Crippen LogP contribution in [0, 0.1) is 0 Å². The average molecular weight is 101 g/mol. The summed E-state index contributed by atoms with van der Waals surface area (Å²) in [5.41, 5.74) is 0. The maximum absolute atomic E-state index is 8.52. The van der Waals surface area contributed by atoms with Crippen LogP contribution in [0.4, 0.5) is 0 Å². The van der Waals surface area contributed by atoms with Crippen LogP contribution in [-0.2, 0) is 4.46 Å². The smallest absolute Gasteiger partial charge is 0.672 e. The third kappa shape index (κ3) is 170. The van der Waals surface area contributed by atoms with Crippen molar-refractivity contribution < 1.29 is 15.5 Å². The van der Waals surface area contributed by atoms with E-state index in [-0.39, 0.29) is 24.5 Å². The second-order valence-corrected chi connectivity index (χ2v) is 0.750. The third-order valence-corrected chi connectivity index (χ3v) is 0. The summed E-state index contributed by atoms with van der Waals surface area (Å²) in [6, 6.07) is 0. The number of hydrogen-bond donors (Lipinski definition) is 0. The molecule has 0 aromatic heterocycles. The summed E-state index contributed by atoms with van der Waals surface area (Å²) in [7, 11) is -3.63. The van der Waals surface area contributed by atoms with Gasteiger partial charge in [-0.25, -0.2) is 0 Å². The molecule has 0 heterocycles. The molecule has 0 N–H and O–H groups in total. The van der Waals surface area contributed by atoms with Crippen LogP contribution in [0.25, 0.3) is 0 Å². The fourth-order valence-electron chi connectivity index (χ4n) is 0. The molecule has 0 saturated heterocycles. The SMILES string of the molecule is O=[Si]([O-])[O-].[H+].[Mg+2]. The van der Waals surface area contributed by atoms with Crippen molar-refractivity contribution in [1.29, 1.82) is 0 Å². The van der Waals surface area contributed by atoms with Crippen LogP contribution in [0.3, 0.4) is 0 Å². The molecule has 0 radical (unpaired) electrons. The zero-order valence-corrected chi connectivity index (χ0v) is 4.85. The maximum atomic E-state index is 8.52. The Morgan fingerprint density at radius 3 is 1.60 bits per heavy atom. The van der Waals surface area contributed by atoms with Crippen LogP contribution < -0.4 is 9.59 Å². The van der Waals surface area contributed by atoms with Gasteiger partial charge in [0.1, 0.15) is 0 Å². The molecule has 5 heteroatoms. The minimum Gasteiger partial charge on any atom is -0.672 e. The predicted octanol–water partition coefficient (Wildman–Crippen LogP) is -3.15. The van der Waals surface area contributed by atoms with E-state index < -0.39 is 9.17 Å². The topological polar surface area (TPSA) is 63.2 Å². The molecule has 0 saturated carbocycles. The van der Waals surface area contributed by atoms with Gasteiger partial charge < -0.3 is 14.1 Å². The van der Waals surface area contributed by atoms with Gasteiger partial charge in [-0.15, -0.1) is 0 Å². The molecule has 3 nitrogen and oxygen atoms in total. The second-order valence-electron chi connectivity index (χ2n) is 0.250. The molecule has 0 spiro atoms. The molecule has 0 bridgehead atoms.